The monoisotopic (exact) mass is 345 g/mol. The van der Waals surface area contributed by atoms with Crippen LogP contribution in [0.1, 0.15) is 40.2 Å². The van der Waals surface area contributed by atoms with Gasteiger partial charge in [0.2, 0.25) is 5.91 Å². The Labute approximate surface area is 146 Å². The summed E-state index contributed by atoms with van der Waals surface area (Å²) in [5, 5.41) is 3.93. The fourth-order valence-corrected chi connectivity index (χ4v) is 3.25. The molecule has 2 amide bonds. The second-order valence-electron chi connectivity index (χ2n) is 6.58. The number of hydrogen-bond donors (Lipinski definition) is 0. The number of carbonyl (C=O) groups is 2. The third-order valence-corrected chi connectivity index (χ3v) is 4.85. The fourth-order valence-electron chi connectivity index (χ4n) is 3.25. The number of carbonyl (C=O) groups excluding carboxylic acids is 2. The van der Waals surface area contributed by atoms with Crippen LogP contribution in [0, 0.1) is 19.8 Å². The predicted octanol–water partition coefficient (Wildman–Crippen LogP) is 2.40. The number of amides is 2. The SMILES string of the molecule is Cc1noc(C)c1CN(C)C(=O)C1CCN(C(=O)c2ccoc2)CC1. The van der Waals surface area contributed by atoms with Crippen LogP contribution in [0.25, 0.3) is 0 Å². The summed E-state index contributed by atoms with van der Waals surface area (Å²) in [5.41, 5.74) is 2.33. The molecule has 1 aliphatic heterocycles. The van der Waals surface area contributed by atoms with Crippen molar-refractivity contribution < 1.29 is 18.5 Å². The van der Waals surface area contributed by atoms with Crippen LogP contribution in [-0.2, 0) is 11.3 Å². The Kier molecular flexibility index (Phi) is 4.92. The highest BCUT2D eigenvalue weighted by molar-refractivity contribution is 5.94. The molecule has 3 rings (SSSR count). The molecule has 0 atom stereocenters. The van der Waals surface area contributed by atoms with Crippen LogP contribution in [-0.4, -0.2) is 46.9 Å². The van der Waals surface area contributed by atoms with Gasteiger partial charge in [-0.2, -0.15) is 0 Å². The van der Waals surface area contributed by atoms with E-state index in [1.807, 2.05) is 13.8 Å². The van der Waals surface area contributed by atoms with Crippen LogP contribution in [0.3, 0.4) is 0 Å². The van der Waals surface area contributed by atoms with Gasteiger partial charge >= 0.3 is 0 Å². The lowest BCUT2D eigenvalue weighted by Crippen LogP contribution is -2.43. The number of rotatable bonds is 4. The lowest BCUT2D eigenvalue weighted by molar-refractivity contribution is -0.136. The summed E-state index contributed by atoms with van der Waals surface area (Å²) in [5.74, 6) is 0.760. The molecule has 0 radical (unpaired) electrons. The molecule has 7 nitrogen and oxygen atoms in total. The van der Waals surface area contributed by atoms with Crippen LogP contribution >= 0.6 is 0 Å². The molecule has 0 spiro atoms. The van der Waals surface area contributed by atoms with Crippen molar-refractivity contribution in [1.82, 2.24) is 15.0 Å². The molecule has 0 bridgehead atoms. The van der Waals surface area contributed by atoms with Crippen molar-refractivity contribution in [2.75, 3.05) is 20.1 Å². The summed E-state index contributed by atoms with van der Waals surface area (Å²) in [6.07, 6.45) is 4.30. The molecule has 25 heavy (non-hydrogen) atoms. The van der Waals surface area contributed by atoms with E-state index in [-0.39, 0.29) is 17.7 Å². The van der Waals surface area contributed by atoms with Crippen molar-refractivity contribution in [3.63, 3.8) is 0 Å². The number of aryl methyl sites for hydroxylation is 2. The molecule has 0 N–H and O–H groups in total. The first-order valence-electron chi connectivity index (χ1n) is 8.45. The minimum absolute atomic E-state index is 0.0382. The van der Waals surface area contributed by atoms with E-state index in [1.54, 1.807) is 22.9 Å². The van der Waals surface area contributed by atoms with Gasteiger partial charge in [-0.15, -0.1) is 0 Å². The maximum atomic E-state index is 12.7. The molecule has 0 aromatic carbocycles. The van der Waals surface area contributed by atoms with Crippen molar-refractivity contribution in [2.24, 2.45) is 5.92 Å². The Balaban J connectivity index is 1.55. The second-order valence-corrected chi connectivity index (χ2v) is 6.58. The van der Waals surface area contributed by atoms with Gasteiger partial charge < -0.3 is 18.7 Å². The maximum Gasteiger partial charge on any atom is 0.257 e. The van der Waals surface area contributed by atoms with Crippen molar-refractivity contribution in [2.45, 2.75) is 33.2 Å². The molecule has 2 aromatic heterocycles. The number of furan rings is 1. The third-order valence-electron chi connectivity index (χ3n) is 4.85. The van der Waals surface area contributed by atoms with Crippen LogP contribution in [0.2, 0.25) is 0 Å². The molecule has 0 unspecified atom stereocenters. The van der Waals surface area contributed by atoms with Gasteiger partial charge in [-0.25, -0.2) is 0 Å². The number of hydrogen-bond acceptors (Lipinski definition) is 5. The number of nitrogens with zero attached hydrogens (tertiary/aromatic N) is 3. The zero-order chi connectivity index (χ0) is 18.0. The Bertz CT molecular complexity index is 723. The van der Waals surface area contributed by atoms with Crippen LogP contribution in [0.4, 0.5) is 0 Å². The van der Waals surface area contributed by atoms with E-state index in [0.29, 0.717) is 38.0 Å². The normalized spacial score (nSPS) is 15.4. The Morgan fingerprint density at radius 1 is 1.32 bits per heavy atom. The first-order valence-corrected chi connectivity index (χ1v) is 8.45. The van der Waals surface area contributed by atoms with E-state index < -0.39 is 0 Å². The molecule has 0 aliphatic carbocycles. The summed E-state index contributed by atoms with van der Waals surface area (Å²) in [6.45, 7) is 5.39. The van der Waals surface area contributed by atoms with Crippen molar-refractivity contribution >= 4 is 11.8 Å². The van der Waals surface area contributed by atoms with E-state index >= 15 is 0 Å². The minimum Gasteiger partial charge on any atom is -0.472 e. The first-order chi connectivity index (χ1) is 12.0. The van der Waals surface area contributed by atoms with Gasteiger partial charge in [0.05, 0.1) is 24.1 Å². The second kappa shape index (κ2) is 7.13. The molecular weight excluding hydrogens is 322 g/mol. The smallest absolute Gasteiger partial charge is 0.257 e. The fraction of sp³-hybridized carbons (Fsp3) is 0.500. The molecule has 7 heteroatoms. The highest BCUT2D eigenvalue weighted by atomic mass is 16.5. The van der Waals surface area contributed by atoms with Gasteiger partial charge in [0.1, 0.15) is 12.0 Å². The number of likely N-dealkylation sites (tertiary alicyclic amines) is 1. The van der Waals surface area contributed by atoms with Crippen LogP contribution in [0.5, 0.6) is 0 Å². The van der Waals surface area contributed by atoms with Crippen molar-refractivity contribution in [3.05, 3.63) is 41.2 Å². The lowest BCUT2D eigenvalue weighted by Gasteiger charge is -2.33. The van der Waals surface area contributed by atoms with E-state index in [2.05, 4.69) is 5.16 Å². The van der Waals surface area contributed by atoms with E-state index in [9.17, 15) is 9.59 Å². The largest absolute Gasteiger partial charge is 0.472 e. The van der Waals surface area contributed by atoms with Crippen molar-refractivity contribution in [1.29, 1.82) is 0 Å². The van der Waals surface area contributed by atoms with E-state index in [0.717, 1.165) is 17.0 Å². The Hall–Kier alpha value is -2.57. The highest BCUT2D eigenvalue weighted by Gasteiger charge is 2.30. The molecule has 1 aliphatic rings. The quantitative estimate of drug-likeness (QED) is 0.850. The topological polar surface area (TPSA) is 79.8 Å². The summed E-state index contributed by atoms with van der Waals surface area (Å²) in [4.78, 5) is 28.5. The van der Waals surface area contributed by atoms with Crippen molar-refractivity contribution in [3.8, 4) is 0 Å². The van der Waals surface area contributed by atoms with Gasteiger partial charge in [0, 0.05) is 31.6 Å². The molecular formula is C18H23N3O4. The zero-order valence-corrected chi connectivity index (χ0v) is 14.8. The maximum absolute atomic E-state index is 12.7. The Morgan fingerprint density at radius 2 is 2.04 bits per heavy atom. The van der Waals surface area contributed by atoms with Gasteiger partial charge in [0.15, 0.2) is 0 Å². The van der Waals surface area contributed by atoms with Crippen LogP contribution < -0.4 is 0 Å². The number of piperidine rings is 1. The molecule has 0 saturated carbocycles. The average Bonchev–Trinajstić information content (AvgIpc) is 3.26. The molecule has 134 valence electrons. The average molecular weight is 345 g/mol. The molecule has 3 heterocycles. The standard InChI is InChI=1S/C18H23N3O4/c1-12-16(13(2)25-19-12)10-20(3)17(22)14-4-7-21(8-5-14)18(23)15-6-9-24-11-15/h6,9,11,14H,4-5,7-8,10H2,1-3H3. The summed E-state index contributed by atoms with van der Waals surface area (Å²) in [7, 11) is 1.80. The third kappa shape index (κ3) is 3.60. The van der Waals surface area contributed by atoms with Gasteiger partial charge in [0.25, 0.3) is 5.91 Å². The van der Waals surface area contributed by atoms with E-state index in [4.69, 9.17) is 8.94 Å². The number of aromatic nitrogens is 1. The van der Waals surface area contributed by atoms with Gasteiger partial charge in [-0.1, -0.05) is 5.16 Å². The summed E-state index contributed by atoms with van der Waals surface area (Å²) < 4.78 is 10.1. The predicted molar refractivity (Wildman–Crippen MR) is 89.8 cm³/mol. The highest BCUT2D eigenvalue weighted by Crippen LogP contribution is 2.23. The first kappa shape index (κ1) is 17.3. The molecule has 1 fully saturated rings. The molecule has 1 saturated heterocycles. The Morgan fingerprint density at radius 3 is 2.60 bits per heavy atom. The van der Waals surface area contributed by atoms with Gasteiger partial charge in [-0.05, 0) is 32.8 Å². The molecule has 2 aromatic rings. The van der Waals surface area contributed by atoms with E-state index in [1.165, 1.54) is 12.5 Å². The zero-order valence-electron chi connectivity index (χ0n) is 14.8. The lowest BCUT2D eigenvalue weighted by atomic mass is 9.95. The van der Waals surface area contributed by atoms with Gasteiger partial charge in [-0.3, -0.25) is 9.59 Å². The minimum atomic E-state index is -0.0566. The van der Waals surface area contributed by atoms with Crippen LogP contribution in [0.15, 0.2) is 27.5 Å². The summed E-state index contributed by atoms with van der Waals surface area (Å²) >= 11 is 0. The summed E-state index contributed by atoms with van der Waals surface area (Å²) in [6, 6.07) is 1.66.